The number of imidazole rings is 1. The molecule has 21 heavy (non-hydrogen) atoms. The summed E-state index contributed by atoms with van der Waals surface area (Å²) in [5, 5.41) is 0. The van der Waals surface area contributed by atoms with Crippen molar-refractivity contribution in [3.8, 4) is 0 Å². The molecule has 3 aromatic rings. The predicted molar refractivity (Wildman–Crippen MR) is 86.5 cm³/mol. The van der Waals surface area contributed by atoms with Gasteiger partial charge in [-0.05, 0) is 59.7 Å². The highest BCUT2D eigenvalue weighted by Crippen LogP contribution is 2.27. The molecule has 1 unspecified atom stereocenters. The van der Waals surface area contributed by atoms with E-state index in [2.05, 4.69) is 27.8 Å². The van der Waals surface area contributed by atoms with E-state index in [1.807, 2.05) is 16.7 Å². The molecule has 0 amide bonds. The van der Waals surface area contributed by atoms with Crippen LogP contribution in [0.15, 0.2) is 39.4 Å². The molecule has 1 atom stereocenters. The van der Waals surface area contributed by atoms with Gasteiger partial charge in [-0.2, -0.15) is 0 Å². The predicted octanol–water partition coefficient (Wildman–Crippen LogP) is 5.39. The molecule has 1 aromatic carbocycles. The van der Waals surface area contributed by atoms with Gasteiger partial charge >= 0.3 is 0 Å². The molecule has 0 saturated carbocycles. The lowest BCUT2D eigenvalue weighted by Crippen LogP contribution is -2.06. The van der Waals surface area contributed by atoms with E-state index in [0.717, 1.165) is 24.1 Å². The Hall–Kier alpha value is -1.40. The Morgan fingerprint density at radius 3 is 3.00 bits per heavy atom. The number of benzene rings is 1. The first-order valence-corrected chi connectivity index (χ1v) is 7.88. The zero-order valence-corrected chi connectivity index (χ0v) is 13.8. The molecule has 3 rings (SSSR count). The summed E-state index contributed by atoms with van der Waals surface area (Å²) in [6.07, 6.45) is 3.41. The van der Waals surface area contributed by atoms with Crippen LogP contribution in [0.25, 0.3) is 11.0 Å². The molecule has 0 aliphatic heterocycles. The largest absolute Gasteiger partial charge is 0.469 e. The third-order valence-corrected chi connectivity index (χ3v) is 4.49. The lowest BCUT2D eigenvalue weighted by molar-refractivity contribution is 0.455. The summed E-state index contributed by atoms with van der Waals surface area (Å²) in [6, 6.07) is 7.27. The number of rotatable bonds is 4. The van der Waals surface area contributed by atoms with Gasteiger partial charge in [0.15, 0.2) is 4.77 Å². The second kappa shape index (κ2) is 5.77. The van der Waals surface area contributed by atoms with Crippen LogP contribution < -0.4 is 0 Å². The van der Waals surface area contributed by atoms with Crippen molar-refractivity contribution in [2.24, 2.45) is 0 Å². The van der Waals surface area contributed by atoms with E-state index in [-0.39, 0.29) is 11.9 Å². The van der Waals surface area contributed by atoms with Crippen LogP contribution in [0, 0.1) is 10.6 Å². The molecular weight excluding hydrogens is 355 g/mol. The molecule has 0 fully saturated rings. The molecular formula is C15H14BrFN2OS. The second-order valence-electron chi connectivity index (χ2n) is 5.05. The molecule has 2 heterocycles. The van der Waals surface area contributed by atoms with Crippen LogP contribution in [0.2, 0.25) is 0 Å². The molecule has 0 aliphatic rings. The average molecular weight is 369 g/mol. The fraction of sp³-hybridized carbons (Fsp3) is 0.267. The minimum atomic E-state index is -0.297. The SMILES string of the molecule is CC(CCc1ccco1)n1c(=S)[nH]c2cc(F)c(Br)cc21. The number of H-pyrrole nitrogens is 1. The number of aryl methyl sites for hydroxylation is 1. The Labute approximate surface area is 134 Å². The van der Waals surface area contributed by atoms with Crippen molar-refractivity contribution in [2.75, 3.05) is 0 Å². The van der Waals surface area contributed by atoms with Gasteiger partial charge in [0, 0.05) is 18.5 Å². The van der Waals surface area contributed by atoms with Gasteiger partial charge < -0.3 is 14.0 Å². The first kappa shape index (κ1) is 14.5. The van der Waals surface area contributed by atoms with Gasteiger partial charge in [0.1, 0.15) is 11.6 Å². The van der Waals surface area contributed by atoms with Crippen molar-refractivity contribution >= 4 is 39.2 Å². The van der Waals surface area contributed by atoms with Crippen molar-refractivity contribution in [3.63, 3.8) is 0 Å². The summed E-state index contributed by atoms with van der Waals surface area (Å²) in [5.41, 5.74) is 1.62. The van der Waals surface area contributed by atoms with Gasteiger partial charge in [0.05, 0.1) is 21.8 Å². The van der Waals surface area contributed by atoms with Crippen LogP contribution in [0.1, 0.15) is 25.1 Å². The number of hydrogen-bond donors (Lipinski definition) is 1. The maximum absolute atomic E-state index is 13.6. The standard InChI is InChI=1S/C15H14BrFN2OS/c1-9(4-5-10-3-2-6-20-10)19-14-7-11(16)12(17)8-13(14)18-15(19)21/h2-3,6-9H,4-5H2,1H3,(H,18,21). The number of halogens is 2. The van der Waals surface area contributed by atoms with Crippen molar-refractivity contribution in [2.45, 2.75) is 25.8 Å². The Balaban J connectivity index is 1.93. The van der Waals surface area contributed by atoms with Gasteiger partial charge in [0.25, 0.3) is 0 Å². The van der Waals surface area contributed by atoms with E-state index in [0.29, 0.717) is 14.8 Å². The third kappa shape index (κ3) is 2.82. The Morgan fingerprint density at radius 1 is 1.48 bits per heavy atom. The lowest BCUT2D eigenvalue weighted by atomic mass is 10.1. The molecule has 6 heteroatoms. The Bertz CT molecular complexity index is 822. The number of aromatic amines is 1. The van der Waals surface area contributed by atoms with Crippen molar-refractivity contribution in [1.82, 2.24) is 9.55 Å². The zero-order chi connectivity index (χ0) is 15.0. The minimum absolute atomic E-state index is 0.189. The number of hydrogen-bond acceptors (Lipinski definition) is 2. The van der Waals surface area contributed by atoms with Crippen LogP contribution in [0.3, 0.4) is 0 Å². The van der Waals surface area contributed by atoms with Crippen LogP contribution >= 0.6 is 28.1 Å². The van der Waals surface area contributed by atoms with E-state index in [1.165, 1.54) is 6.07 Å². The Morgan fingerprint density at radius 2 is 2.29 bits per heavy atom. The lowest BCUT2D eigenvalue weighted by Gasteiger charge is -2.14. The van der Waals surface area contributed by atoms with Gasteiger partial charge in [-0.1, -0.05) is 0 Å². The smallest absolute Gasteiger partial charge is 0.178 e. The highest BCUT2D eigenvalue weighted by atomic mass is 79.9. The average Bonchev–Trinajstić information content (AvgIpc) is 3.04. The molecule has 3 nitrogen and oxygen atoms in total. The zero-order valence-electron chi connectivity index (χ0n) is 11.4. The number of aromatic nitrogens is 2. The van der Waals surface area contributed by atoms with E-state index in [9.17, 15) is 4.39 Å². The van der Waals surface area contributed by atoms with Crippen LogP contribution in [-0.2, 0) is 6.42 Å². The van der Waals surface area contributed by atoms with Gasteiger partial charge in [-0.15, -0.1) is 0 Å². The number of fused-ring (bicyclic) bond motifs is 1. The highest BCUT2D eigenvalue weighted by molar-refractivity contribution is 9.10. The topological polar surface area (TPSA) is 33.9 Å². The van der Waals surface area contributed by atoms with Crippen molar-refractivity contribution in [3.05, 3.63) is 51.3 Å². The summed E-state index contributed by atoms with van der Waals surface area (Å²) in [6.45, 7) is 2.10. The van der Waals surface area contributed by atoms with Crippen molar-refractivity contribution in [1.29, 1.82) is 0 Å². The first-order valence-electron chi connectivity index (χ1n) is 6.68. The summed E-state index contributed by atoms with van der Waals surface area (Å²) >= 11 is 8.60. The molecule has 0 spiro atoms. The van der Waals surface area contributed by atoms with Crippen LogP contribution in [0.4, 0.5) is 4.39 Å². The van der Waals surface area contributed by atoms with Gasteiger partial charge in [0.2, 0.25) is 0 Å². The molecule has 0 bridgehead atoms. The second-order valence-corrected chi connectivity index (χ2v) is 6.29. The quantitative estimate of drug-likeness (QED) is 0.626. The number of nitrogens with zero attached hydrogens (tertiary/aromatic N) is 1. The minimum Gasteiger partial charge on any atom is -0.469 e. The molecule has 2 aromatic heterocycles. The third-order valence-electron chi connectivity index (χ3n) is 3.59. The number of nitrogens with one attached hydrogen (secondary N) is 1. The monoisotopic (exact) mass is 368 g/mol. The van der Waals surface area contributed by atoms with E-state index in [4.69, 9.17) is 16.6 Å². The maximum atomic E-state index is 13.6. The maximum Gasteiger partial charge on any atom is 0.178 e. The number of furan rings is 1. The molecule has 1 N–H and O–H groups in total. The fourth-order valence-electron chi connectivity index (χ4n) is 2.49. The van der Waals surface area contributed by atoms with E-state index in [1.54, 1.807) is 12.3 Å². The fourth-order valence-corrected chi connectivity index (χ4v) is 3.21. The molecule has 0 saturated heterocycles. The normalized spacial score (nSPS) is 12.9. The molecule has 110 valence electrons. The van der Waals surface area contributed by atoms with Crippen LogP contribution in [0.5, 0.6) is 0 Å². The first-order chi connectivity index (χ1) is 10.1. The van der Waals surface area contributed by atoms with Gasteiger partial charge in [-0.25, -0.2) is 4.39 Å². The van der Waals surface area contributed by atoms with E-state index >= 15 is 0 Å². The summed E-state index contributed by atoms with van der Waals surface area (Å²) in [7, 11) is 0. The highest BCUT2D eigenvalue weighted by Gasteiger charge is 2.14. The van der Waals surface area contributed by atoms with Gasteiger partial charge in [-0.3, -0.25) is 0 Å². The summed E-state index contributed by atoms with van der Waals surface area (Å²) in [5.74, 6) is 0.662. The summed E-state index contributed by atoms with van der Waals surface area (Å²) in [4.78, 5) is 3.06. The molecule has 0 radical (unpaired) electrons. The molecule has 0 aliphatic carbocycles. The Kier molecular flexibility index (Phi) is 3.99. The van der Waals surface area contributed by atoms with Crippen molar-refractivity contribution < 1.29 is 8.81 Å². The summed E-state index contributed by atoms with van der Waals surface area (Å²) < 4.78 is 22.0. The van der Waals surface area contributed by atoms with Crippen LogP contribution in [-0.4, -0.2) is 9.55 Å². The van der Waals surface area contributed by atoms with E-state index < -0.39 is 0 Å².